The molecule has 1 fully saturated rings. The lowest BCUT2D eigenvalue weighted by Gasteiger charge is -2.36. The second-order valence-electron chi connectivity index (χ2n) is 5.48. The van der Waals surface area contributed by atoms with Gasteiger partial charge in [-0.25, -0.2) is 0 Å². The first-order valence-corrected chi connectivity index (χ1v) is 8.31. The maximum Gasteiger partial charge on any atom is 0.0599 e. The summed E-state index contributed by atoms with van der Waals surface area (Å²) in [6, 6.07) is 9.13. The Bertz CT molecular complexity index is 388. The lowest BCUT2D eigenvalue weighted by atomic mass is 10.0. The number of ether oxygens (including phenoxy) is 1. The summed E-state index contributed by atoms with van der Waals surface area (Å²) in [5, 5.41) is 0. The Labute approximate surface area is 130 Å². The number of hydrogen-bond acceptors (Lipinski definition) is 3. The molecule has 1 heterocycles. The highest BCUT2D eigenvalue weighted by atomic mass is 79.9. The van der Waals surface area contributed by atoms with Gasteiger partial charge in [-0.15, -0.1) is 0 Å². The Morgan fingerprint density at radius 1 is 1.30 bits per heavy atom. The van der Waals surface area contributed by atoms with Crippen LogP contribution in [-0.2, 0) is 4.74 Å². The van der Waals surface area contributed by atoms with Crippen molar-refractivity contribution in [2.75, 3.05) is 26.2 Å². The summed E-state index contributed by atoms with van der Waals surface area (Å²) in [7, 11) is 0. The quantitative estimate of drug-likeness (QED) is 0.807. The molecule has 2 rings (SSSR count). The highest BCUT2D eigenvalue weighted by Gasteiger charge is 2.23. The van der Waals surface area contributed by atoms with E-state index in [0.29, 0.717) is 12.1 Å². The van der Waals surface area contributed by atoms with Gasteiger partial charge in [0.2, 0.25) is 0 Å². The molecule has 1 aliphatic heterocycles. The van der Waals surface area contributed by atoms with Gasteiger partial charge in [-0.05, 0) is 50.4 Å². The first kappa shape index (κ1) is 16.0. The Morgan fingerprint density at radius 2 is 1.95 bits per heavy atom. The van der Waals surface area contributed by atoms with Gasteiger partial charge in [0, 0.05) is 30.2 Å². The molecule has 2 N–H and O–H groups in total. The third-order valence-electron chi connectivity index (χ3n) is 4.08. The SMILES string of the molecule is CC(c1ccc(Br)cc1)N1CCC(OCCCN)CC1. The topological polar surface area (TPSA) is 38.5 Å². The standard InChI is InChI=1S/C16H25BrN2O/c1-13(14-3-5-15(17)6-4-14)19-10-7-16(8-11-19)20-12-2-9-18/h3-6,13,16H,2,7-12,18H2,1H3. The van der Waals surface area contributed by atoms with Gasteiger partial charge in [-0.3, -0.25) is 4.90 Å². The number of likely N-dealkylation sites (tertiary alicyclic amines) is 1. The zero-order chi connectivity index (χ0) is 14.4. The fraction of sp³-hybridized carbons (Fsp3) is 0.625. The van der Waals surface area contributed by atoms with Gasteiger partial charge in [-0.2, -0.15) is 0 Å². The number of benzene rings is 1. The zero-order valence-electron chi connectivity index (χ0n) is 12.2. The number of nitrogens with two attached hydrogens (primary N) is 1. The molecule has 0 aromatic heterocycles. The van der Waals surface area contributed by atoms with E-state index >= 15 is 0 Å². The van der Waals surface area contributed by atoms with Crippen LogP contribution in [-0.4, -0.2) is 37.2 Å². The average molecular weight is 341 g/mol. The summed E-state index contributed by atoms with van der Waals surface area (Å²) < 4.78 is 7.00. The van der Waals surface area contributed by atoms with Crippen LogP contribution in [0, 0.1) is 0 Å². The molecule has 1 aromatic rings. The minimum atomic E-state index is 0.426. The van der Waals surface area contributed by atoms with Crippen molar-refractivity contribution < 1.29 is 4.74 Å². The summed E-state index contributed by atoms with van der Waals surface area (Å²) in [5.74, 6) is 0. The van der Waals surface area contributed by atoms with Crippen molar-refractivity contribution >= 4 is 15.9 Å². The Kier molecular flexibility index (Phi) is 6.49. The van der Waals surface area contributed by atoms with Crippen LogP contribution in [0.4, 0.5) is 0 Å². The van der Waals surface area contributed by atoms with Gasteiger partial charge in [0.05, 0.1) is 6.10 Å². The highest BCUT2D eigenvalue weighted by molar-refractivity contribution is 9.10. The van der Waals surface area contributed by atoms with E-state index in [-0.39, 0.29) is 0 Å². The minimum absolute atomic E-state index is 0.426. The number of nitrogens with zero attached hydrogens (tertiary/aromatic N) is 1. The predicted molar refractivity (Wildman–Crippen MR) is 86.8 cm³/mol. The van der Waals surface area contributed by atoms with Crippen LogP contribution >= 0.6 is 15.9 Å². The van der Waals surface area contributed by atoms with Crippen molar-refractivity contribution in [3.63, 3.8) is 0 Å². The van der Waals surface area contributed by atoms with Crippen LogP contribution in [0.3, 0.4) is 0 Å². The van der Waals surface area contributed by atoms with Crippen molar-refractivity contribution in [2.24, 2.45) is 5.73 Å². The summed E-state index contributed by atoms with van der Waals surface area (Å²) in [5.41, 5.74) is 6.87. The molecule has 3 nitrogen and oxygen atoms in total. The van der Waals surface area contributed by atoms with Crippen LogP contribution < -0.4 is 5.73 Å². The normalized spacial score (nSPS) is 19.1. The third-order valence-corrected chi connectivity index (χ3v) is 4.61. The molecule has 20 heavy (non-hydrogen) atoms. The Morgan fingerprint density at radius 3 is 2.55 bits per heavy atom. The van der Waals surface area contributed by atoms with Gasteiger partial charge >= 0.3 is 0 Å². The van der Waals surface area contributed by atoms with Gasteiger partial charge in [0.25, 0.3) is 0 Å². The smallest absolute Gasteiger partial charge is 0.0599 e. The van der Waals surface area contributed by atoms with Gasteiger partial charge in [-0.1, -0.05) is 28.1 Å². The molecule has 0 saturated carbocycles. The van der Waals surface area contributed by atoms with E-state index in [9.17, 15) is 0 Å². The Balaban J connectivity index is 1.79. The summed E-state index contributed by atoms with van der Waals surface area (Å²) >= 11 is 3.49. The van der Waals surface area contributed by atoms with E-state index in [0.717, 1.165) is 50.0 Å². The molecule has 1 aliphatic rings. The van der Waals surface area contributed by atoms with Crippen LogP contribution in [0.2, 0.25) is 0 Å². The Hall–Kier alpha value is -0.420. The summed E-state index contributed by atoms with van der Waals surface area (Å²) in [6.45, 7) is 6.05. The van der Waals surface area contributed by atoms with Gasteiger partial charge in [0.1, 0.15) is 0 Å². The molecule has 1 aromatic carbocycles. The van der Waals surface area contributed by atoms with E-state index in [2.05, 4.69) is 52.0 Å². The van der Waals surface area contributed by atoms with Crippen LogP contribution in [0.5, 0.6) is 0 Å². The first-order valence-electron chi connectivity index (χ1n) is 7.52. The molecule has 112 valence electrons. The monoisotopic (exact) mass is 340 g/mol. The predicted octanol–water partition coefficient (Wildman–Crippen LogP) is 3.34. The molecule has 1 atom stereocenters. The van der Waals surface area contributed by atoms with Crippen molar-refractivity contribution in [3.8, 4) is 0 Å². The third kappa shape index (κ3) is 4.55. The fourth-order valence-electron chi connectivity index (χ4n) is 2.72. The molecular weight excluding hydrogens is 316 g/mol. The van der Waals surface area contributed by atoms with E-state index in [1.54, 1.807) is 0 Å². The minimum Gasteiger partial charge on any atom is -0.378 e. The largest absolute Gasteiger partial charge is 0.378 e. The summed E-state index contributed by atoms with van der Waals surface area (Å²) in [6.07, 6.45) is 3.65. The molecule has 0 spiro atoms. The van der Waals surface area contributed by atoms with Crippen LogP contribution in [0.1, 0.15) is 37.8 Å². The van der Waals surface area contributed by atoms with Crippen molar-refractivity contribution in [3.05, 3.63) is 34.3 Å². The molecule has 0 amide bonds. The molecule has 4 heteroatoms. The zero-order valence-corrected chi connectivity index (χ0v) is 13.8. The van der Waals surface area contributed by atoms with E-state index in [4.69, 9.17) is 10.5 Å². The van der Waals surface area contributed by atoms with E-state index < -0.39 is 0 Å². The summed E-state index contributed by atoms with van der Waals surface area (Å²) in [4.78, 5) is 2.55. The van der Waals surface area contributed by atoms with Crippen LogP contribution in [0.25, 0.3) is 0 Å². The van der Waals surface area contributed by atoms with E-state index in [1.807, 2.05) is 0 Å². The number of rotatable bonds is 6. The molecule has 1 saturated heterocycles. The maximum absolute atomic E-state index is 5.86. The maximum atomic E-state index is 5.86. The first-order chi connectivity index (χ1) is 9.70. The van der Waals surface area contributed by atoms with Crippen molar-refractivity contribution in [1.82, 2.24) is 4.90 Å². The molecule has 0 bridgehead atoms. The lowest BCUT2D eigenvalue weighted by molar-refractivity contribution is -0.000748. The van der Waals surface area contributed by atoms with Gasteiger partial charge in [0.15, 0.2) is 0 Å². The van der Waals surface area contributed by atoms with Crippen molar-refractivity contribution in [2.45, 2.75) is 38.3 Å². The second-order valence-corrected chi connectivity index (χ2v) is 6.39. The molecule has 1 unspecified atom stereocenters. The van der Waals surface area contributed by atoms with Gasteiger partial charge < -0.3 is 10.5 Å². The van der Waals surface area contributed by atoms with Crippen LogP contribution in [0.15, 0.2) is 28.7 Å². The highest BCUT2D eigenvalue weighted by Crippen LogP contribution is 2.26. The molecule has 0 radical (unpaired) electrons. The average Bonchev–Trinajstić information content (AvgIpc) is 2.48. The van der Waals surface area contributed by atoms with Crippen molar-refractivity contribution in [1.29, 1.82) is 0 Å². The molecular formula is C16H25BrN2O. The fourth-order valence-corrected chi connectivity index (χ4v) is 2.98. The van der Waals surface area contributed by atoms with E-state index in [1.165, 1.54) is 5.56 Å². The number of piperidine rings is 1. The molecule has 0 aliphatic carbocycles. The second kappa shape index (κ2) is 8.13. The number of hydrogen-bond donors (Lipinski definition) is 1. The number of halogens is 1. The lowest BCUT2D eigenvalue weighted by Crippen LogP contribution is -2.38.